The Hall–Kier alpha value is -3.84. The van der Waals surface area contributed by atoms with Crippen LogP contribution < -0.4 is 9.47 Å². The van der Waals surface area contributed by atoms with Crippen molar-refractivity contribution in [3.63, 3.8) is 0 Å². The topological polar surface area (TPSA) is 77.7 Å². The van der Waals surface area contributed by atoms with Crippen molar-refractivity contribution >= 4 is 17.5 Å². The van der Waals surface area contributed by atoms with Gasteiger partial charge in [-0.3, -0.25) is 4.79 Å². The van der Waals surface area contributed by atoms with E-state index in [1.165, 1.54) is 0 Å². The highest BCUT2D eigenvalue weighted by Gasteiger charge is 2.20. The Morgan fingerprint density at radius 3 is 2.32 bits per heavy atom. The van der Waals surface area contributed by atoms with Crippen LogP contribution in [0.3, 0.4) is 0 Å². The molecule has 0 bridgehead atoms. The second kappa shape index (κ2) is 10.9. The third kappa shape index (κ3) is 5.55. The summed E-state index contributed by atoms with van der Waals surface area (Å²) in [5, 5.41) is 4.51. The maximum Gasteiger partial charge on any atom is 0.255 e. The van der Waals surface area contributed by atoms with Gasteiger partial charge in [0.2, 0.25) is 11.7 Å². The summed E-state index contributed by atoms with van der Waals surface area (Å²) in [5.74, 6) is 1.92. The fraction of sp³-hybridized carbons (Fsp3) is 0.192. The van der Waals surface area contributed by atoms with Crippen molar-refractivity contribution in [3.05, 3.63) is 94.8 Å². The minimum Gasteiger partial charge on any atom is -0.497 e. The van der Waals surface area contributed by atoms with Crippen LogP contribution in [0.4, 0.5) is 0 Å². The van der Waals surface area contributed by atoms with Gasteiger partial charge in [0.05, 0.1) is 24.8 Å². The molecule has 0 aliphatic rings. The summed E-state index contributed by atoms with van der Waals surface area (Å²) >= 11 is 6.30. The first-order chi connectivity index (χ1) is 16.6. The van der Waals surface area contributed by atoms with Crippen molar-refractivity contribution in [1.82, 2.24) is 15.0 Å². The summed E-state index contributed by atoms with van der Waals surface area (Å²) in [7, 11) is 3.16. The first-order valence-corrected chi connectivity index (χ1v) is 11.1. The number of carbonyl (C=O) groups is 1. The average Bonchev–Trinajstić information content (AvgIpc) is 3.36. The number of methoxy groups -OCH3 is 2. The molecule has 0 N–H and O–H groups in total. The smallest absolute Gasteiger partial charge is 0.255 e. The van der Waals surface area contributed by atoms with Crippen LogP contribution in [0.15, 0.2) is 77.3 Å². The first-order valence-electron chi connectivity index (χ1n) is 10.7. The highest BCUT2D eigenvalue weighted by Crippen LogP contribution is 2.28. The van der Waals surface area contributed by atoms with Crippen molar-refractivity contribution < 1.29 is 18.8 Å². The Morgan fingerprint density at radius 2 is 1.65 bits per heavy atom. The molecule has 0 unspecified atom stereocenters. The van der Waals surface area contributed by atoms with E-state index in [-0.39, 0.29) is 5.91 Å². The quantitative estimate of drug-likeness (QED) is 0.326. The molecule has 0 aliphatic heterocycles. The molecule has 8 heteroatoms. The van der Waals surface area contributed by atoms with E-state index in [0.717, 1.165) is 5.56 Å². The number of hydrogen-bond acceptors (Lipinski definition) is 6. The number of benzene rings is 3. The van der Waals surface area contributed by atoms with Crippen molar-refractivity contribution in [3.8, 4) is 22.9 Å². The number of aromatic nitrogens is 2. The van der Waals surface area contributed by atoms with E-state index in [9.17, 15) is 4.79 Å². The van der Waals surface area contributed by atoms with E-state index in [4.69, 9.17) is 25.6 Å². The zero-order valence-electron chi connectivity index (χ0n) is 18.9. The maximum absolute atomic E-state index is 13.3. The lowest BCUT2D eigenvalue weighted by molar-refractivity contribution is 0.0742. The van der Waals surface area contributed by atoms with Gasteiger partial charge in [0.15, 0.2) is 0 Å². The number of hydrogen-bond donors (Lipinski definition) is 0. The molecular weight excluding hydrogens is 454 g/mol. The zero-order valence-corrected chi connectivity index (χ0v) is 19.7. The number of rotatable bonds is 9. The van der Waals surface area contributed by atoms with Crippen LogP contribution in [0.25, 0.3) is 11.4 Å². The van der Waals surface area contributed by atoms with E-state index < -0.39 is 0 Å². The van der Waals surface area contributed by atoms with Crippen LogP contribution in [0.5, 0.6) is 11.5 Å². The molecule has 0 atom stereocenters. The molecule has 0 spiro atoms. The molecule has 0 fully saturated rings. The van der Waals surface area contributed by atoms with Gasteiger partial charge in [-0.2, -0.15) is 4.98 Å². The molecule has 3 aromatic carbocycles. The Morgan fingerprint density at radius 1 is 0.971 bits per heavy atom. The molecule has 4 rings (SSSR count). The van der Waals surface area contributed by atoms with Crippen molar-refractivity contribution in [2.75, 3.05) is 20.8 Å². The SMILES string of the molecule is COc1cc(OC)cc(-c2noc(CCN(Cc3ccccc3)C(=O)c3ccccc3Cl)n2)c1. The average molecular weight is 478 g/mol. The Balaban J connectivity index is 1.53. The van der Waals surface area contributed by atoms with Crippen molar-refractivity contribution in [1.29, 1.82) is 0 Å². The predicted octanol–water partition coefficient (Wildman–Crippen LogP) is 5.29. The molecule has 1 amide bonds. The summed E-state index contributed by atoms with van der Waals surface area (Å²) in [6.45, 7) is 0.807. The number of nitrogens with zero attached hydrogens (tertiary/aromatic N) is 3. The van der Waals surface area contributed by atoms with Gasteiger partial charge in [0.1, 0.15) is 11.5 Å². The van der Waals surface area contributed by atoms with Gasteiger partial charge in [0.25, 0.3) is 5.91 Å². The number of ether oxygens (including phenoxy) is 2. The molecule has 0 radical (unpaired) electrons. The number of amides is 1. The lowest BCUT2D eigenvalue weighted by atomic mass is 10.1. The van der Waals surface area contributed by atoms with Gasteiger partial charge in [-0.25, -0.2) is 0 Å². The predicted molar refractivity (Wildman–Crippen MR) is 129 cm³/mol. The highest BCUT2D eigenvalue weighted by molar-refractivity contribution is 6.33. The number of carbonyl (C=O) groups excluding carboxylic acids is 1. The molecule has 0 aliphatic carbocycles. The standard InChI is InChI=1S/C26H24ClN3O4/c1-32-20-14-19(15-21(16-20)33-2)25-28-24(34-29-25)12-13-30(17-18-8-4-3-5-9-18)26(31)22-10-6-7-11-23(22)27/h3-11,14-16H,12-13,17H2,1-2H3. The van der Waals surface area contributed by atoms with Crippen LogP contribution in [0.1, 0.15) is 21.8 Å². The lowest BCUT2D eigenvalue weighted by Crippen LogP contribution is -2.32. The third-order valence-corrected chi connectivity index (χ3v) is 5.61. The monoisotopic (exact) mass is 477 g/mol. The van der Waals surface area contributed by atoms with Crippen LogP contribution >= 0.6 is 11.6 Å². The molecule has 4 aromatic rings. The Bertz CT molecular complexity index is 1240. The maximum atomic E-state index is 13.3. The van der Waals surface area contributed by atoms with Crippen molar-refractivity contribution in [2.45, 2.75) is 13.0 Å². The molecule has 7 nitrogen and oxygen atoms in total. The molecule has 174 valence electrons. The first kappa shape index (κ1) is 23.3. The second-order valence-corrected chi connectivity index (χ2v) is 7.96. The van der Waals surface area contributed by atoms with Crippen LogP contribution in [-0.4, -0.2) is 41.7 Å². The number of halogens is 1. The molecule has 34 heavy (non-hydrogen) atoms. The van der Waals surface area contributed by atoms with Gasteiger partial charge in [-0.1, -0.05) is 59.2 Å². The fourth-order valence-corrected chi connectivity index (χ4v) is 3.72. The molecular formula is C26H24ClN3O4. The van der Waals surface area contributed by atoms with E-state index in [0.29, 0.717) is 58.9 Å². The Labute approximate surface area is 202 Å². The van der Waals surface area contributed by atoms with Gasteiger partial charge in [-0.05, 0) is 29.8 Å². The largest absolute Gasteiger partial charge is 0.497 e. The summed E-state index contributed by atoms with van der Waals surface area (Å²) < 4.78 is 16.1. The van der Waals surface area contributed by atoms with E-state index in [2.05, 4.69) is 10.1 Å². The van der Waals surface area contributed by atoms with Crippen LogP contribution in [0.2, 0.25) is 5.02 Å². The summed E-state index contributed by atoms with van der Waals surface area (Å²) in [6, 6.07) is 22.2. The Kier molecular flexibility index (Phi) is 7.44. The lowest BCUT2D eigenvalue weighted by Gasteiger charge is -2.23. The van der Waals surface area contributed by atoms with Gasteiger partial charge < -0.3 is 18.9 Å². The molecule has 0 saturated carbocycles. The van der Waals surface area contributed by atoms with E-state index in [1.54, 1.807) is 61.6 Å². The minimum absolute atomic E-state index is 0.160. The minimum atomic E-state index is -0.160. The summed E-state index contributed by atoms with van der Waals surface area (Å²) in [5.41, 5.74) is 2.17. The van der Waals surface area contributed by atoms with Gasteiger partial charge in [0, 0.05) is 31.1 Å². The van der Waals surface area contributed by atoms with Gasteiger partial charge >= 0.3 is 0 Å². The highest BCUT2D eigenvalue weighted by atomic mass is 35.5. The van der Waals surface area contributed by atoms with E-state index in [1.807, 2.05) is 30.3 Å². The fourth-order valence-electron chi connectivity index (χ4n) is 3.50. The normalized spacial score (nSPS) is 10.7. The van der Waals surface area contributed by atoms with Crippen molar-refractivity contribution in [2.24, 2.45) is 0 Å². The summed E-state index contributed by atoms with van der Waals surface area (Å²) in [6.07, 6.45) is 0.386. The molecule has 1 heterocycles. The van der Waals surface area contributed by atoms with Gasteiger partial charge in [-0.15, -0.1) is 0 Å². The summed E-state index contributed by atoms with van der Waals surface area (Å²) in [4.78, 5) is 19.5. The molecule has 1 aromatic heterocycles. The van der Waals surface area contributed by atoms with Crippen LogP contribution in [0, 0.1) is 0 Å². The third-order valence-electron chi connectivity index (χ3n) is 5.28. The van der Waals surface area contributed by atoms with E-state index >= 15 is 0 Å². The van der Waals surface area contributed by atoms with Crippen LogP contribution in [-0.2, 0) is 13.0 Å². The molecule has 0 saturated heterocycles. The zero-order chi connectivity index (χ0) is 23.9. The second-order valence-electron chi connectivity index (χ2n) is 7.56.